The van der Waals surface area contributed by atoms with E-state index in [1.807, 2.05) is 11.1 Å². The zero-order valence-corrected chi connectivity index (χ0v) is 17.3. The third kappa shape index (κ3) is 3.13. The Balaban J connectivity index is 1.49. The van der Waals surface area contributed by atoms with Crippen molar-refractivity contribution in [3.05, 3.63) is 64.7 Å². The monoisotopic (exact) mass is 428 g/mol. The highest BCUT2D eigenvalue weighted by atomic mass is 19.4. The summed E-state index contributed by atoms with van der Waals surface area (Å²) in [6.07, 6.45) is 7.47. The van der Waals surface area contributed by atoms with Crippen molar-refractivity contribution in [2.75, 3.05) is 11.6 Å². The van der Waals surface area contributed by atoms with Crippen molar-refractivity contribution in [2.24, 2.45) is 23.2 Å². The van der Waals surface area contributed by atoms with E-state index < -0.39 is 18.0 Å². The van der Waals surface area contributed by atoms with Gasteiger partial charge in [-0.2, -0.15) is 13.2 Å². The Hall–Kier alpha value is -2.52. The van der Waals surface area contributed by atoms with E-state index in [0.717, 1.165) is 29.8 Å². The number of rotatable bonds is 1. The minimum Gasteiger partial charge on any atom is -0.277 e. The fraction of sp³-hybridized carbons (Fsp3) is 0.440. The van der Waals surface area contributed by atoms with Gasteiger partial charge in [-0.15, -0.1) is 12.3 Å². The maximum atomic E-state index is 13.6. The maximum absolute atomic E-state index is 13.6. The Bertz CT molecular complexity index is 1040. The number of hydrogen-bond acceptors (Lipinski definition) is 2. The SMILES string of the molecule is C#C[C@H]1[C@H](C(F)(F)F)CC=C2[C@@H]1CCC1=CC3=C(CNN3c3ccc(F)cc3)C[C@@]12C. The Morgan fingerprint density at radius 3 is 2.65 bits per heavy atom. The molecule has 0 unspecified atom stereocenters. The van der Waals surface area contributed by atoms with Crippen LogP contribution in [-0.4, -0.2) is 12.7 Å². The third-order valence-electron chi connectivity index (χ3n) is 7.56. The van der Waals surface area contributed by atoms with Crippen LogP contribution in [0.15, 0.2) is 58.8 Å². The van der Waals surface area contributed by atoms with Gasteiger partial charge in [0.15, 0.2) is 0 Å². The lowest BCUT2D eigenvalue weighted by Crippen LogP contribution is -2.44. The number of nitrogens with zero attached hydrogens (tertiary/aromatic N) is 1. The Labute approximate surface area is 179 Å². The topological polar surface area (TPSA) is 15.3 Å². The van der Waals surface area contributed by atoms with Crippen molar-refractivity contribution in [2.45, 2.75) is 38.8 Å². The molecule has 0 bridgehead atoms. The summed E-state index contributed by atoms with van der Waals surface area (Å²) in [5.74, 6) is -0.257. The van der Waals surface area contributed by atoms with Crippen molar-refractivity contribution < 1.29 is 17.6 Å². The van der Waals surface area contributed by atoms with E-state index in [1.165, 1.54) is 23.3 Å². The van der Waals surface area contributed by atoms with Crippen LogP contribution < -0.4 is 10.4 Å². The second-order valence-electron chi connectivity index (χ2n) is 9.19. The average molecular weight is 428 g/mol. The summed E-state index contributed by atoms with van der Waals surface area (Å²) in [7, 11) is 0. The van der Waals surface area contributed by atoms with Crippen LogP contribution in [0.3, 0.4) is 0 Å². The molecule has 4 atom stereocenters. The van der Waals surface area contributed by atoms with E-state index in [9.17, 15) is 17.6 Å². The minimum absolute atomic E-state index is 0.0427. The molecule has 1 saturated carbocycles. The molecule has 3 aliphatic carbocycles. The molecule has 31 heavy (non-hydrogen) atoms. The second-order valence-corrected chi connectivity index (χ2v) is 9.19. The lowest BCUT2D eigenvalue weighted by molar-refractivity contribution is -0.188. The van der Waals surface area contributed by atoms with Crippen LogP contribution in [0.4, 0.5) is 23.2 Å². The molecule has 0 aromatic heterocycles. The largest absolute Gasteiger partial charge is 0.393 e. The Morgan fingerprint density at radius 1 is 1.23 bits per heavy atom. The van der Waals surface area contributed by atoms with Gasteiger partial charge in [0.05, 0.1) is 17.3 Å². The van der Waals surface area contributed by atoms with Crippen LogP contribution in [-0.2, 0) is 0 Å². The fourth-order valence-corrected chi connectivity index (χ4v) is 6.02. The lowest BCUT2D eigenvalue weighted by atomic mass is 9.54. The Morgan fingerprint density at radius 2 is 1.97 bits per heavy atom. The van der Waals surface area contributed by atoms with Gasteiger partial charge in [-0.3, -0.25) is 5.01 Å². The normalized spacial score (nSPS) is 32.5. The molecule has 4 aliphatic rings. The molecule has 0 spiro atoms. The van der Waals surface area contributed by atoms with Gasteiger partial charge in [0.25, 0.3) is 0 Å². The van der Waals surface area contributed by atoms with E-state index in [1.54, 1.807) is 12.1 Å². The number of nitrogens with one attached hydrogen (secondary N) is 1. The molecule has 1 N–H and O–H groups in total. The van der Waals surface area contributed by atoms with Crippen molar-refractivity contribution in [1.82, 2.24) is 5.43 Å². The van der Waals surface area contributed by atoms with E-state index in [4.69, 9.17) is 6.42 Å². The van der Waals surface area contributed by atoms with Crippen LogP contribution in [0.25, 0.3) is 0 Å². The molecule has 1 aromatic carbocycles. The van der Waals surface area contributed by atoms with Crippen LogP contribution in [0.5, 0.6) is 0 Å². The molecule has 1 heterocycles. The Kier molecular flexibility index (Phi) is 4.60. The van der Waals surface area contributed by atoms with Gasteiger partial charge in [0.1, 0.15) is 5.82 Å². The quantitative estimate of drug-likeness (QED) is 0.340. The fourth-order valence-electron chi connectivity index (χ4n) is 6.02. The van der Waals surface area contributed by atoms with Crippen LogP contribution in [0, 0.1) is 41.3 Å². The lowest BCUT2D eigenvalue weighted by Gasteiger charge is -2.50. The molecular weight excluding hydrogens is 404 g/mol. The summed E-state index contributed by atoms with van der Waals surface area (Å²) in [6, 6.07) is 6.34. The first kappa shape index (κ1) is 20.4. The average Bonchev–Trinajstić information content (AvgIpc) is 3.13. The molecule has 5 rings (SSSR count). The standard InChI is InChI=1S/C25H24F4N2/c1-3-19-20-9-4-16-12-23-15(14-30-31(23)18-7-5-17(26)6-8-18)13-24(16,2)21(20)10-11-22(19)25(27,28)29/h1,5-8,10,12,19-20,22,30H,4,9,11,13-14H2,2H3/t19-,20-,22-,24+/m1/s1. The number of alkyl halides is 3. The zero-order valence-electron chi connectivity index (χ0n) is 17.3. The molecule has 1 fully saturated rings. The highest BCUT2D eigenvalue weighted by Crippen LogP contribution is 2.59. The van der Waals surface area contributed by atoms with Gasteiger partial charge < -0.3 is 0 Å². The molecule has 0 amide bonds. The number of fused-ring (bicyclic) bond motifs is 3. The molecular formula is C25H24F4N2. The number of allylic oxidation sites excluding steroid dienone is 4. The molecule has 6 heteroatoms. The van der Waals surface area contributed by atoms with E-state index in [-0.39, 0.29) is 23.6 Å². The van der Waals surface area contributed by atoms with Gasteiger partial charge in [-0.1, -0.05) is 24.1 Å². The molecule has 0 radical (unpaired) electrons. The van der Waals surface area contributed by atoms with Crippen molar-refractivity contribution >= 4 is 5.69 Å². The second kappa shape index (κ2) is 7.00. The van der Waals surface area contributed by atoms with E-state index in [0.29, 0.717) is 13.0 Å². The summed E-state index contributed by atoms with van der Waals surface area (Å²) < 4.78 is 54.1. The molecule has 1 aromatic rings. The third-order valence-corrected chi connectivity index (χ3v) is 7.56. The number of terminal acetylenes is 1. The first-order chi connectivity index (χ1) is 14.7. The van der Waals surface area contributed by atoms with Gasteiger partial charge in [0.2, 0.25) is 0 Å². The van der Waals surface area contributed by atoms with E-state index in [2.05, 4.69) is 24.3 Å². The van der Waals surface area contributed by atoms with Crippen LogP contribution >= 0.6 is 0 Å². The predicted molar refractivity (Wildman–Crippen MR) is 112 cm³/mol. The van der Waals surface area contributed by atoms with Crippen molar-refractivity contribution in [1.29, 1.82) is 0 Å². The predicted octanol–water partition coefficient (Wildman–Crippen LogP) is 5.91. The number of benzene rings is 1. The van der Waals surface area contributed by atoms with Gasteiger partial charge >= 0.3 is 6.18 Å². The van der Waals surface area contributed by atoms with Gasteiger partial charge in [-0.25, -0.2) is 9.82 Å². The smallest absolute Gasteiger partial charge is 0.277 e. The molecule has 0 saturated heterocycles. The molecule has 2 nitrogen and oxygen atoms in total. The summed E-state index contributed by atoms with van der Waals surface area (Å²) in [5.41, 5.74) is 8.54. The summed E-state index contributed by atoms with van der Waals surface area (Å²) in [4.78, 5) is 0. The van der Waals surface area contributed by atoms with Gasteiger partial charge in [-0.05, 0) is 67.5 Å². The van der Waals surface area contributed by atoms with Gasteiger partial charge in [0, 0.05) is 17.9 Å². The van der Waals surface area contributed by atoms with Crippen molar-refractivity contribution in [3.8, 4) is 12.3 Å². The highest BCUT2D eigenvalue weighted by molar-refractivity contribution is 5.60. The summed E-state index contributed by atoms with van der Waals surface area (Å²) in [5, 5.41) is 1.98. The number of hydrazine groups is 1. The van der Waals surface area contributed by atoms with Crippen LogP contribution in [0.2, 0.25) is 0 Å². The summed E-state index contributed by atoms with van der Waals surface area (Å²) >= 11 is 0. The van der Waals surface area contributed by atoms with E-state index >= 15 is 0 Å². The highest BCUT2D eigenvalue weighted by Gasteiger charge is 2.54. The first-order valence-electron chi connectivity index (χ1n) is 10.7. The minimum atomic E-state index is -4.27. The maximum Gasteiger partial charge on any atom is 0.393 e. The summed E-state index contributed by atoms with van der Waals surface area (Å²) in [6.45, 7) is 2.82. The first-order valence-corrected chi connectivity index (χ1v) is 10.7. The zero-order chi connectivity index (χ0) is 22.0. The molecule has 162 valence electrons. The van der Waals surface area contributed by atoms with Crippen molar-refractivity contribution in [3.63, 3.8) is 0 Å². The van der Waals surface area contributed by atoms with Crippen LogP contribution in [0.1, 0.15) is 32.6 Å². The number of halogens is 4. The molecule has 1 aliphatic heterocycles. The number of anilines is 1. The number of hydrogen-bond donors (Lipinski definition) is 1.